The van der Waals surface area contributed by atoms with Gasteiger partial charge in [-0.05, 0) is 44.4 Å². The van der Waals surface area contributed by atoms with Crippen LogP contribution >= 0.6 is 0 Å². The molecule has 11 heteroatoms. The molecule has 2 aliphatic carbocycles. The molecule has 5 N–H and O–H groups in total. The number of ether oxygens (including phenoxy) is 1. The molecule has 3 aliphatic rings. The maximum Gasteiger partial charge on any atom is 0.315 e. The van der Waals surface area contributed by atoms with Gasteiger partial charge in [-0.25, -0.2) is 4.79 Å². The highest BCUT2D eigenvalue weighted by molar-refractivity contribution is 5.84. The van der Waals surface area contributed by atoms with E-state index in [1.165, 1.54) is 12.8 Å². The number of morpholine rings is 1. The number of nitrogens with one attached hydrogen (secondary N) is 4. The molecule has 2 unspecified atom stereocenters. The molecule has 3 rings (SSSR count). The van der Waals surface area contributed by atoms with Gasteiger partial charge in [0.25, 0.3) is 0 Å². The molecule has 210 valence electrons. The molecule has 0 radical (unpaired) electrons. The van der Waals surface area contributed by atoms with Gasteiger partial charge in [0.05, 0.1) is 25.7 Å². The van der Waals surface area contributed by atoms with Crippen LogP contribution in [0.3, 0.4) is 0 Å². The van der Waals surface area contributed by atoms with Crippen LogP contribution in [0.1, 0.15) is 77.6 Å². The lowest BCUT2D eigenvalue weighted by molar-refractivity contribution is -0.138. The van der Waals surface area contributed by atoms with Gasteiger partial charge >= 0.3 is 12.0 Å². The minimum atomic E-state index is -0.970. The van der Waals surface area contributed by atoms with Gasteiger partial charge in [-0.15, -0.1) is 0 Å². The fourth-order valence-corrected chi connectivity index (χ4v) is 5.60. The molecule has 0 spiro atoms. The number of carbonyl (C=O) groups is 4. The van der Waals surface area contributed by atoms with Crippen LogP contribution in [-0.4, -0.2) is 90.8 Å². The number of hydrogen-bond acceptors (Lipinski definition) is 6. The minimum Gasteiger partial charge on any atom is -0.481 e. The number of rotatable bonds is 11. The Bertz CT molecular complexity index is 767. The van der Waals surface area contributed by atoms with E-state index in [2.05, 4.69) is 33.1 Å². The molecule has 0 bridgehead atoms. The van der Waals surface area contributed by atoms with Gasteiger partial charge in [-0.2, -0.15) is 0 Å². The van der Waals surface area contributed by atoms with Gasteiger partial charge in [-0.1, -0.05) is 19.8 Å². The summed E-state index contributed by atoms with van der Waals surface area (Å²) in [5.41, 5.74) is 0. The molecule has 1 heterocycles. The van der Waals surface area contributed by atoms with E-state index >= 15 is 0 Å². The van der Waals surface area contributed by atoms with E-state index < -0.39 is 12.0 Å². The zero-order valence-electron chi connectivity index (χ0n) is 22.1. The van der Waals surface area contributed by atoms with Crippen LogP contribution in [0.5, 0.6) is 0 Å². The molecular formula is C26H45N5O6. The second-order valence-corrected chi connectivity index (χ2v) is 10.9. The van der Waals surface area contributed by atoms with Crippen LogP contribution < -0.4 is 21.3 Å². The van der Waals surface area contributed by atoms with Crippen molar-refractivity contribution >= 4 is 23.8 Å². The Hall–Kier alpha value is -2.40. The average molecular weight is 524 g/mol. The van der Waals surface area contributed by atoms with Crippen molar-refractivity contribution in [2.24, 2.45) is 5.92 Å². The Kier molecular flexibility index (Phi) is 11.9. The maximum absolute atomic E-state index is 12.4. The van der Waals surface area contributed by atoms with Crippen molar-refractivity contribution in [2.45, 2.75) is 102 Å². The topological polar surface area (TPSA) is 149 Å². The molecule has 0 aromatic rings. The minimum absolute atomic E-state index is 0.0156. The molecule has 2 saturated carbocycles. The van der Waals surface area contributed by atoms with Crippen LogP contribution in [0.25, 0.3) is 0 Å². The van der Waals surface area contributed by atoms with Crippen molar-refractivity contribution in [3.63, 3.8) is 0 Å². The predicted molar refractivity (Wildman–Crippen MR) is 138 cm³/mol. The first-order valence-corrected chi connectivity index (χ1v) is 14.0. The molecule has 0 aromatic carbocycles. The second kappa shape index (κ2) is 15.1. The SMILES string of the molecule is CC1CCCCC1NC(=O)NC1CCC(NC(=O)CCC(=O)N[C@@H](CC(=O)O)CN2CCOCC2)CC1. The van der Waals surface area contributed by atoms with E-state index in [1.54, 1.807) is 0 Å². The molecule has 3 atom stereocenters. The Morgan fingerprint density at radius 2 is 1.49 bits per heavy atom. The van der Waals surface area contributed by atoms with Crippen LogP contribution in [0.15, 0.2) is 0 Å². The van der Waals surface area contributed by atoms with Gasteiger partial charge in [0.15, 0.2) is 0 Å². The highest BCUT2D eigenvalue weighted by atomic mass is 16.5. The average Bonchev–Trinajstić information content (AvgIpc) is 2.85. The summed E-state index contributed by atoms with van der Waals surface area (Å²) < 4.78 is 5.31. The van der Waals surface area contributed by atoms with Crippen molar-refractivity contribution < 1.29 is 29.0 Å². The lowest BCUT2D eigenvalue weighted by Crippen LogP contribution is -2.50. The third-order valence-electron chi connectivity index (χ3n) is 7.80. The molecule has 3 fully saturated rings. The summed E-state index contributed by atoms with van der Waals surface area (Å²) in [6.07, 6.45) is 7.69. The Balaban J connectivity index is 1.30. The summed E-state index contributed by atoms with van der Waals surface area (Å²) in [7, 11) is 0. The van der Waals surface area contributed by atoms with E-state index in [-0.39, 0.29) is 55.2 Å². The molecule has 11 nitrogen and oxygen atoms in total. The quantitative estimate of drug-likeness (QED) is 0.275. The fourth-order valence-electron chi connectivity index (χ4n) is 5.60. The van der Waals surface area contributed by atoms with Crippen molar-refractivity contribution in [2.75, 3.05) is 32.8 Å². The summed E-state index contributed by atoms with van der Waals surface area (Å²) in [6, 6.07) is -0.202. The first-order chi connectivity index (χ1) is 17.8. The lowest BCUT2D eigenvalue weighted by Gasteiger charge is -2.32. The van der Waals surface area contributed by atoms with Crippen LogP contribution in [0, 0.1) is 5.92 Å². The standard InChI is InChI=1S/C26H45N5O6/c1-18-4-2-3-5-22(18)30-26(36)29-20-8-6-19(7-9-20)27-23(32)10-11-24(33)28-21(16-25(34)35)17-31-12-14-37-15-13-31/h18-22H,2-17H2,1H3,(H,27,32)(H,28,33)(H,34,35)(H2,29,30,36)/t18?,19?,20?,21-,22?/m0/s1. The van der Waals surface area contributed by atoms with Crippen LogP contribution in [0.4, 0.5) is 4.79 Å². The van der Waals surface area contributed by atoms with Crippen LogP contribution in [0.2, 0.25) is 0 Å². The van der Waals surface area contributed by atoms with Crippen molar-refractivity contribution in [1.82, 2.24) is 26.2 Å². The Morgan fingerprint density at radius 1 is 0.865 bits per heavy atom. The zero-order chi connectivity index (χ0) is 26.6. The van der Waals surface area contributed by atoms with E-state index in [4.69, 9.17) is 4.74 Å². The summed E-state index contributed by atoms with van der Waals surface area (Å²) in [6.45, 7) is 5.24. The van der Waals surface area contributed by atoms with Gasteiger partial charge in [0.2, 0.25) is 11.8 Å². The second-order valence-electron chi connectivity index (χ2n) is 10.9. The monoisotopic (exact) mass is 523 g/mol. The predicted octanol–water partition coefficient (Wildman–Crippen LogP) is 1.36. The van der Waals surface area contributed by atoms with E-state index in [1.807, 2.05) is 0 Å². The van der Waals surface area contributed by atoms with E-state index in [9.17, 15) is 24.3 Å². The summed E-state index contributed by atoms with van der Waals surface area (Å²) in [4.78, 5) is 50.5. The van der Waals surface area contributed by atoms with Gasteiger partial charge in [0, 0.05) is 50.6 Å². The summed E-state index contributed by atoms with van der Waals surface area (Å²) >= 11 is 0. The number of carbonyl (C=O) groups excluding carboxylic acids is 3. The molecule has 1 saturated heterocycles. The number of nitrogens with zero attached hydrogens (tertiary/aromatic N) is 1. The zero-order valence-corrected chi connectivity index (χ0v) is 22.1. The van der Waals surface area contributed by atoms with Gasteiger partial charge < -0.3 is 31.1 Å². The number of urea groups is 1. The smallest absolute Gasteiger partial charge is 0.315 e. The van der Waals surface area contributed by atoms with Crippen molar-refractivity contribution in [3.8, 4) is 0 Å². The van der Waals surface area contributed by atoms with Gasteiger partial charge in [-0.3, -0.25) is 19.3 Å². The first-order valence-electron chi connectivity index (χ1n) is 14.0. The Morgan fingerprint density at radius 3 is 2.14 bits per heavy atom. The molecule has 1 aliphatic heterocycles. The normalized spacial score (nSPS) is 27.5. The van der Waals surface area contributed by atoms with Crippen LogP contribution in [-0.2, 0) is 19.1 Å². The van der Waals surface area contributed by atoms with Crippen molar-refractivity contribution in [1.29, 1.82) is 0 Å². The van der Waals surface area contributed by atoms with E-state index in [0.29, 0.717) is 38.8 Å². The number of hydrogen-bond donors (Lipinski definition) is 5. The number of carboxylic acids is 1. The molecular weight excluding hydrogens is 478 g/mol. The summed E-state index contributed by atoms with van der Waals surface area (Å²) in [5.74, 6) is -0.956. The molecule has 4 amide bonds. The third kappa shape index (κ3) is 10.9. The van der Waals surface area contributed by atoms with E-state index in [0.717, 1.165) is 38.5 Å². The highest BCUT2D eigenvalue weighted by Gasteiger charge is 2.27. The Labute approximate surface area is 219 Å². The number of amides is 4. The third-order valence-corrected chi connectivity index (χ3v) is 7.80. The van der Waals surface area contributed by atoms with Gasteiger partial charge in [0.1, 0.15) is 0 Å². The largest absolute Gasteiger partial charge is 0.481 e. The lowest BCUT2D eigenvalue weighted by atomic mass is 9.86. The maximum atomic E-state index is 12.4. The molecule has 0 aromatic heterocycles. The first kappa shape index (κ1) is 29.2. The number of carboxylic acid groups (broad SMARTS) is 1. The number of aliphatic carboxylic acids is 1. The highest BCUT2D eigenvalue weighted by Crippen LogP contribution is 2.24. The molecule has 37 heavy (non-hydrogen) atoms. The van der Waals surface area contributed by atoms with Crippen molar-refractivity contribution in [3.05, 3.63) is 0 Å². The fraction of sp³-hybridized carbons (Fsp3) is 0.846. The summed E-state index contributed by atoms with van der Waals surface area (Å²) in [5, 5.41) is 21.2.